The maximum Gasteiger partial charge on any atom is 0.120 e. The fourth-order valence-electron chi connectivity index (χ4n) is 2.44. The third kappa shape index (κ3) is 2.90. The summed E-state index contributed by atoms with van der Waals surface area (Å²) in [6.45, 7) is 4.48. The van der Waals surface area contributed by atoms with Crippen LogP contribution in [0.1, 0.15) is 12.5 Å². The maximum atomic E-state index is 5.59. The van der Waals surface area contributed by atoms with Crippen LogP contribution in [0.3, 0.4) is 0 Å². The van der Waals surface area contributed by atoms with E-state index in [1.165, 1.54) is 11.3 Å². The fourth-order valence-corrected chi connectivity index (χ4v) is 2.55. The summed E-state index contributed by atoms with van der Waals surface area (Å²) in [5.41, 5.74) is 2.66. The topological polar surface area (TPSA) is 21.7 Å². The summed E-state index contributed by atoms with van der Waals surface area (Å²) in [6.07, 6.45) is 1.09. The van der Waals surface area contributed by atoms with Crippen molar-refractivity contribution in [3.05, 3.63) is 23.8 Å². The molecule has 1 aromatic rings. The van der Waals surface area contributed by atoms with Crippen LogP contribution in [0.4, 0.5) is 5.69 Å². The molecule has 0 spiro atoms. The number of rotatable bonds is 6. The van der Waals surface area contributed by atoms with Crippen LogP contribution in [0, 0.1) is 0 Å². The summed E-state index contributed by atoms with van der Waals surface area (Å²) in [6, 6.07) is 6.82. The normalized spacial score (nSPS) is 17.9. The van der Waals surface area contributed by atoms with Gasteiger partial charge >= 0.3 is 0 Å². The molecule has 0 saturated carbocycles. The van der Waals surface area contributed by atoms with Crippen LogP contribution in [0.5, 0.6) is 5.75 Å². The van der Waals surface area contributed by atoms with E-state index in [1.807, 2.05) is 6.07 Å². The molecule has 18 heavy (non-hydrogen) atoms. The number of nitrogens with zero attached hydrogens (tertiary/aromatic N) is 1. The molecule has 100 valence electrons. The van der Waals surface area contributed by atoms with Gasteiger partial charge in [0, 0.05) is 30.2 Å². The van der Waals surface area contributed by atoms with Gasteiger partial charge in [-0.2, -0.15) is 0 Å². The molecule has 0 aromatic heterocycles. The van der Waals surface area contributed by atoms with E-state index in [1.54, 1.807) is 7.11 Å². The van der Waals surface area contributed by atoms with Crippen LogP contribution in [0.2, 0.25) is 0 Å². The molecule has 1 heterocycles. The average molecular weight is 270 g/mol. The number of hydrogen-bond donors (Lipinski definition) is 0. The molecule has 1 aliphatic rings. The molecular weight excluding hydrogens is 250 g/mol. The number of ether oxygens (including phenoxy) is 2. The Balaban J connectivity index is 2.03. The van der Waals surface area contributed by atoms with E-state index in [-0.39, 0.29) is 0 Å². The molecule has 0 amide bonds. The zero-order valence-corrected chi connectivity index (χ0v) is 11.7. The van der Waals surface area contributed by atoms with Gasteiger partial charge in [0.2, 0.25) is 0 Å². The third-order valence-corrected chi connectivity index (χ3v) is 3.50. The van der Waals surface area contributed by atoms with E-state index in [9.17, 15) is 0 Å². The van der Waals surface area contributed by atoms with Crippen molar-refractivity contribution in [1.82, 2.24) is 0 Å². The second-order valence-electron chi connectivity index (χ2n) is 4.54. The molecule has 0 saturated heterocycles. The molecule has 1 aromatic carbocycles. The predicted molar refractivity (Wildman–Crippen MR) is 75.0 cm³/mol. The monoisotopic (exact) mass is 269 g/mol. The van der Waals surface area contributed by atoms with Crippen molar-refractivity contribution >= 4 is 17.3 Å². The van der Waals surface area contributed by atoms with Gasteiger partial charge in [-0.25, -0.2) is 0 Å². The molecule has 3 nitrogen and oxygen atoms in total. The molecule has 0 bridgehead atoms. The number of halogens is 1. The Morgan fingerprint density at radius 2 is 2.22 bits per heavy atom. The highest BCUT2D eigenvalue weighted by Crippen LogP contribution is 2.34. The van der Waals surface area contributed by atoms with Crippen molar-refractivity contribution in [3.8, 4) is 5.75 Å². The van der Waals surface area contributed by atoms with E-state index in [0.717, 1.165) is 18.7 Å². The first kappa shape index (κ1) is 13.5. The zero-order valence-electron chi connectivity index (χ0n) is 11.0. The van der Waals surface area contributed by atoms with Crippen LogP contribution in [-0.2, 0) is 11.2 Å². The maximum absolute atomic E-state index is 5.59. The SMILES string of the molecule is COc1ccc2c(c1)N(CCOCCCl)C(C)C2. The van der Waals surface area contributed by atoms with Gasteiger partial charge in [0.25, 0.3) is 0 Å². The molecule has 1 unspecified atom stereocenters. The predicted octanol–water partition coefficient (Wildman–Crippen LogP) is 2.70. The molecule has 1 atom stereocenters. The summed E-state index contributed by atoms with van der Waals surface area (Å²) >= 11 is 5.59. The molecule has 2 rings (SSSR count). The van der Waals surface area contributed by atoms with Gasteiger partial charge < -0.3 is 14.4 Å². The van der Waals surface area contributed by atoms with E-state index >= 15 is 0 Å². The van der Waals surface area contributed by atoms with E-state index in [2.05, 4.69) is 24.0 Å². The minimum absolute atomic E-state index is 0.520. The summed E-state index contributed by atoms with van der Waals surface area (Å²) in [5, 5.41) is 0. The number of fused-ring (bicyclic) bond motifs is 1. The van der Waals surface area contributed by atoms with Crippen LogP contribution in [0.25, 0.3) is 0 Å². The Morgan fingerprint density at radius 3 is 2.94 bits per heavy atom. The highest BCUT2D eigenvalue weighted by atomic mass is 35.5. The molecule has 1 aliphatic heterocycles. The van der Waals surface area contributed by atoms with Crippen molar-refractivity contribution in [1.29, 1.82) is 0 Å². The van der Waals surface area contributed by atoms with E-state index in [4.69, 9.17) is 21.1 Å². The molecule has 0 fully saturated rings. The lowest BCUT2D eigenvalue weighted by Gasteiger charge is -2.25. The number of methoxy groups -OCH3 is 1. The van der Waals surface area contributed by atoms with Crippen molar-refractivity contribution in [2.24, 2.45) is 0 Å². The van der Waals surface area contributed by atoms with Crippen LogP contribution < -0.4 is 9.64 Å². The minimum atomic E-state index is 0.520. The highest BCUT2D eigenvalue weighted by Gasteiger charge is 2.25. The fraction of sp³-hybridized carbons (Fsp3) is 0.571. The Hall–Kier alpha value is -0.930. The van der Waals surface area contributed by atoms with Crippen molar-refractivity contribution in [2.45, 2.75) is 19.4 Å². The van der Waals surface area contributed by atoms with Gasteiger partial charge in [-0.05, 0) is 25.0 Å². The highest BCUT2D eigenvalue weighted by molar-refractivity contribution is 6.17. The lowest BCUT2D eigenvalue weighted by Crippen LogP contribution is -2.32. The summed E-state index contributed by atoms with van der Waals surface area (Å²) in [5.74, 6) is 1.47. The van der Waals surface area contributed by atoms with E-state index in [0.29, 0.717) is 25.1 Å². The second kappa shape index (κ2) is 6.30. The average Bonchev–Trinajstić information content (AvgIpc) is 2.70. The van der Waals surface area contributed by atoms with Gasteiger partial charge in [-0.3, -0.25) is 0 Å². The van der Waals surface area contributed by atoms with E-state index < -0.39 is 0 Å². The number of anilines is 1. The Kier molecular flexibility index (Phi) is 4.72. The molecule has 0 aliphatic carbocycles. The Morgan fingerprint density at radius 1 is 1.39 bits per heavy atom. The lowest BCUT2D eigenvalue weighted by molar-refractivity contribution is 0.154. The molecule has 4 heteroatoms. The summed E-state index contributed by atoms with van der Waals surface area (Å²) < 4.78 is 10.8. The third-order valence-electron chi connectivity index (χ3n) is 3.35. The van der Waals surface area contributed by atoms with Crippen LogP contribution in [0.15, 0.2) is 18.2 Å². The standard InChI is InChI=1S/C14H20ClNO2/c1-11-9-12-3-4-13(17-2)10-14(12)16(11)6-8-18-7-5-15/h3-4,10-11H,5-9H2,1-2H3. The molecule has 0 radical (unpaired) electrons. The summed E-state index contributed by atoms with van der Waals surface area (Å²) in [4.78, 5) is 2.38. The number of benzene rings is 1. The van der Waals surface area contributed by atoms with Gasteiger partial charge in [0.05, 0.1) is 20.3 Å². The van der Waals surface area contributed by atoms with Crippen LogP contribution >= 0.6 is 11.6 Å². The first-order valence-electron chi connectivity index (χ1n) is 6.33. The molecule has 0 N–H and O–H groups in total. The first-order valence-corrected chi connectivity index (χ1v) is 6.87. The Bertz CT molecular complexity index is 397. The van der Waals surface area contributed by atoms with Gasteiger partial charge in [-0.15, -0.1) is 11.6 Å². The second-order valence-corrected chi connectivity index (χ2v) is 4.92. The zero-order chi connectivity index (χ0) is 13.0. The Labute approximate surface area is 114 Å². The first-order chi connectivity index (χ1) is 8.76. The largest absolute Gasteiger partial charge is 0.497 e. The van der Waals surface area contributed by atoms with Crippen LogP contribution in [-0.4, -0.2) is 38.8 Å². The summed E-state index contributed by atoms with van der Waals surface area (Å²) in [7, 11) is 1.70. The lowest BCUT2D eigenvalue weighted by atomic mass is 10.1. The smallest absolute Gasteiger partial charge is 0.120 e. The molecular formula is C14H20ClNO2. The minimum Gasteiger partial charge on any atom is -0.497 e. The van der Waals surface area contributed by atoms with Crippen molar-refractivity contribution in [3.63, 3.8) is 0 Å². The van der Waals surface area contributed by atoms with Crippen molar-refractivity contribution in [2.75, 3.05) is 37.6 Å². The van der Waals surface area contributed by atoms with Gasteiger partial charge in [0.15, 0.2) is 0 Å². The number of alkyl halides is 1. The number of hydrogen-bond acceptors (Lipinski definition) is 3. The van der Waals surface area contributed by atoms with Gasteiger partial charge in [0.1, 0.15) is 5.75 Å². The van der Waals surface area contributed by atoms with Gasteiger partial charge in [-0.1, -0.05) is 6.07 Å². The van der Waals surface area contributed by atoms with Crippen molar-refractivity contribution < 1.29 is 9.47 Å². The quantitative estimate of drug-likeness (QED) is 0.585.